The molecule has 0 saturated carbocycles. The Morgan fingerprint density at radius 3 is 1.25 bits per heavy atom. The van der Waals surface area contributed by atoms with Crippen molar-refractivity contribution in [1.82, 2.24) is 0 Å². The van der Waals surface area contributed by atoms with Crippen molar-refractivity contribution in [2.45, 2.75) is 12.8 Å². The van der Waals surface area contributed by atoms with Gasteiger partial charge in [0.15, 0.2) is 0 Å². The molecule has 0 fully saturated rings. The number of halogens is 2. The highest BCUT2D eigenvalue weighted by atomic mass is 19.1. The van der Waals surface area contributed by atoms with Crippen LogP contribution >= 0.6 is 0 Å². The average molecular weight is 625 g/mol. The molecule has 0 bridgehead atoms. The lowest BCUT2D eigenvalue weighted by Gasteiger charge is -2.28. The second-order valence-corrected chi connectivity index (χ2v) is 13.0. The Hall–Kier alpha value is -5.74. The van der Waals surface area contributed by atoms with Gasteiger partial charge in [-0.3, -0.25) is 0 Å². The third-order valence-corrected chi connectivity index (χ3v) is 10.5. The number of hydrogen-bond acceptors (Lipinski definition) is 2. The van der Waals surface area contributed by atoms with Gasteiger partial charge in [-0.1, -0.05) is 97.1 Å². The molecule has 0 unspecified atom stereocenters. The third kappa shape index (κ3) is 4.02. The van der Waals surface area contributed by atoms with Crippen LogP contribution in [0.25, 0.3) is 54.6 Å². The summed E-state index contributed by atoms with van der Waals surface area (Å²) in [7, 11) is 0. The summed E-state index contributed by atoms with van der Waals surface area (Å²) in [6.07, 6.45) is 1.73. The van der Waals surface area contributed by atoms with E-state index in [1.165, 1.54) is 21.5 Å². The van der Waals surface area contributed by atoms with Crippen molar-refractivity contribution >= 4 is 55.1 Å². The summed E-state index contributed by atoms with van der Waals surface area (Å²) in [6, 6.07) is 45.1. The highest BCUT2D eigenvalue weighted by molar-refractivity contribution is 6.32. The van der Waals surface area contributed by atoms with Crippen molar-refractivity contribution in [2.75, 3.05) is 22.9 Å². The standard InChI is InChI=1S/C44H30F2N2/c45-31-13-11-29-19-21-47(39(29)23-31)41-25-37(27-7-3-1-4-8-27)33-15-17-36-42(48-22-20-30-12-14-32(46)24-40(30)48)26-38(28-9-5-2-6-10-28)34-16-18-35(41)43(33)44(34)36/h1-18,23-26H,19-22H2. The summed E-state index contributed by atoms with van der Waals surface area (Å²) in [4.78, 5) is 4.60. The third-order valence-electron chi connectivity index (χ3n) is 10.5. The molecule has 230 valence electrons. The SMILES string of the molecule is Fc1ccc2c(c1)N(c1cc(-c3ccccc3)c3ccc4c(N5CCc6ccc(F)cc65)cc(-c5ccccc5)c5ccc1c3c54)CC2. The molecule has 0 amide bonds. The Morgan fingerprint density at radius 2 is 0.812 bits per heavy atom. The minimum absolute atomic E-state index is 0.221. The number of fused-ring (bicyclic) bond motifs is 2. The van der Waals surface area contributed by atoms with Crippen molar-refractivity contribution in [1.29, 1.82) is 0 Å². The molecule has 4 heteroatoms. The van der Waals surface area contributed by atoms with Gasteiger partial charge in [0.2, 0.25) is 0 Å². The molecular formula is C44H30F2N2. The van der Waals surface area contributed by atoms with Gasteiger partial charge in [0.05, 0.1) is 0 Å². The minimum atomic E-state index is -0.221. The van der Waals surface area contributed by atoms with Crippen LogP contribution in [0, 0.1) is 11.6 Å². The fourth-order valence-electron chi connectivity index (χ4n) is 8.32. The number of hydrogen-bond donors (Lipinski definition) is 0. The van der Waals surface area contributed by atoms with E-state index in [1.54, 1.807) is 24.3 Å². The topological polar surface area (TPSA) is 6.48 Å². The van der Waals surface area contributed by atoms with Crippen molar-refractivity contribution < 1.29 is 8.78 Å². The lowest BCUT2D eigenvalue weighted by Crippen LogP contribution is -2.15. The zero-order chi connectivity index (χ0) is 31.9. The fourth-order valence-corrected chi connectivity index (χ4v) is 8.32. The normalized spacial score (nSPS) is 14.0. The van der Waals surface area contributed by atoms with Crippen LogP contribution in [-0.2, 0) is 12.8 Å². The van der Waals surface area contributed by atoms with E-state index < -0.39 is 0 Å². The zero-order valence-electron chi connectivity index (χ0n) is 26.2. The van der Waals surface area contributed by atoms with E-state index in [9.17, 15) is 8.78 Å². The quantitative estimate of drug-likeness (QED) is 0.180. The molecule has 0 spiro atoms. The van der Waals surface area contributed by atoms with Gasteiger partial charge in [0, 0.05) is 57.4 Å². The van der Waals surface area contributed by atoms with E-state index >= 15 is 0 Å². The maximum absolute atomic E-state index is 14.7. The minimum Gasteiger partial charge on any atom is -0.340 e. The molecule has 8 aromatic rings. The van der Waals surface area contributed by atoms with Crippen LogP contribution < -0.4 is 9.80 Å². The molecule has 2 heterocycles. The van der Waals surface area contributed by atoms with Crippen LogP contribution in [0.5, 0.6) is 0 Å². The second kappa shape index (κ2) is 10.4. The lowest BCUT2D eigenvalue weighted by atomic mass is 9.85. The van der Waals surface area contributed by atoms with Crippen molar-refractivity contribution in [3.8, 4) is 22.3 Å². The zero-order valence-corrected chi connectivity index (χ0v) is 26.2. The molecule has 0 aromatic heterocycles. The fraction of sp³-hybridized carbons (Fsp3) is 0.0909. The summed E-state index contributed by atoms with van der Waals surface area (Å²) in [6.45, 7) is 1.57. The van der Waals surface area contributed by atoms with Gasteiger partial charge in [0.25, 0.3) is 0 Å². The Bertz CT molecular complexity index is 2360. The van der Waals surface area contributed by atoms with E-state index in [0.29, 0.717) is 0 Å². The molecule has 2 aliphatic heterocycles. The molecule has 2 aliphatic rings. The molecule has 0 aliphatic carbocycles. The Kier molecular flexibility index (Phi) is 5.92. The van der Waals surface area contributed by atoms with Crippen molar-refractivity contribution in [3.63, 3.8) is 0 Å². The summed E-state index contributed by atoms with van der Waals surface area (Å²) in [5.41, 5.74) is 11.0. The molecule has 0 atom stereocenters. The van der Waals surface area contributed by atoms with Gasteiger partial charge in [0.1, 0.15) is 11.6 Å². The van der Waals surface area contributed by atoms with Gasteiger partial charge in [-0.2, -0.15) is 0 Å². The van der Waals surface area contributed by atoms with Crippen LogP contribution in [0.3, 0.4) is 0 Å². The Balaban J connectivity index is 1.34. The number of benzene rings is 8. The first-order valence-corrected chi connectivity index (χ1v) is 16.6. The first kappa shape index (κ1) is 27.4. The molecule has 0 radical (unpaired) electrons. The predicted molar refractivity (Wildman–Crippen MR) is 195 cm³/mol. The van der Waals surface area contributed by atoms with Gasteiger partial charge in [-0.25, -0.2) is 8.78 Å². The maximum Gasteiger partial charge on any atom is 0.125 e. The van der Waals surface area contributed by atoms with Crippen LogP contribution in [0.2, 0.25) is 0 Å². The molecule has 0 N–H and O–H groups in total. The highest BCUT2D eigenvalue weighted by Gasteiger charge is 2.28. The predicted octanol–water partition coefficient (Wildman–Crippen LogP) is 11.6. The van der Waals surface area contributed by atoms with Crippen LogP contribution in [0.1, 0.15) is 11.1 Å². The first-order valence-electron chi connectivity index (χ1n) is 16.6. The summed E-state index contributed by atoms with van der Waals surface area (Å²) < 4.78 is 29.4. The van der Waals surface area contributed by atoms with E-state index in [0.717, 1.165) is 92.8 Å². The molecule has 2 nitrogen and oxygen atoms in total. The van der Waals surface area contributed by atoms with Crippen LogP contribution in [0.4, 0.5) is 31.5 Å². The van der Waals surface area contributed by atoms with E-state index in [4.69, 9.17) is 0 Å². The average Bonchev–Trinajstić information content (AvgIpc) is 3.74. The molecule has 0 saturated heterocycles. The molecule has 48 heavy (non-hydrogen) atoms. The summed E-state index contributed by atoms with van der Waals surface area (Å²) in [5.74, 6) is -0.442. The van der Waals surface area contributed by atoms with Crippen LogP contribution in [0.15, 0.2) is 133 Å². The van der Waals surface area contributed by atoms with Gasteiger partial charge in [-0.05, 0) is 93.4 Å². The van der Waals surface area contributed by atoms with E-state index in [-0.39, 0.29) is 11.6 Å². The number of rotatable bonds is 4. The largest absolute Gasteiger partial charge is 0.340 e. The van der Waals surface area contributed by atoms with Crippen LogP contribution in [-0.4, -0.2) is 13.1 Å². The molecule has 10 rings (SSSR count). The van der Waals surface area contributed by atoms with Gasteiger partial charge >= 0.3 is 0 Å². The number of anilines is 4. The van der Waals surface area contributed by atoms with E-state index in [2.05, 4.69) is 107 Å². The Morgan fingerprint density at radius 1 is 0.396 bits per heavy atom. The van der Waals surface area contributed by atoms with Crippen molar-refractivity contribution in [3.05, 3.63) is 156 Å². The van der Waals surface area contributed by atoms with Gasteiger partial charge in [-0.15, -0.1) is 0 Å². The monoisotopic (exact) mass is 624 g/mol. The number of nitrogens with zero attached hydrogens (tertiary/aromatic N) is 2. The van der Waals surface area contributed by atoms with E-state index in [1.807, 2.05) is 12.1 Å². The maximum atomic E-state index is 14.7. The summed E-state index contributed by atoms with van der Waals surface area (Å²) in [5, 5.41) is 7.04. The molecule has 8 aromatic carbocycles. The highest BCUT2D eigenvalue weighted by Crippen LogP contribution is 2.51. The first-order chi connectivity index (χ1) is 23.6. The molecular weight excluding hydrogens is 594 g/mol. The van der Waals surface area contributed by atoms with Crippen molar-refractivity contribution in [2.24, 2.45) is 0 Å². The lowest BCUT2D eigenvalue weighted by molar-refractivity contribution is 0.627. The Labute approximate surface area is 277 Å². The smallest absolute Gasteiger partial charge is 0.125 e. The van der Waals surface area contributed by atoms with Gasteiger partial charge < -0.3 is 9.80 Å². The second-order valence-electron chi connectivity index (χ2n) is 13.0. The summed E-state index contributed by atoms with van der Waals surface area (Å²) >= 11 is 0.